The molecule has 3 nitrogen and oxygen atoms in total. The maximum absolute atomic E-state index is 6.11. The van der Waals surface area contributed by atoms with E-state index < -0.39 is 0 Å². The van der Waals surface area contributed by atoms with Crippen molar-refractivity contribution < 1.29 is 9.47 Å². The maximum Gasteiger partial charge on any atom is 0.142 e. The summed E-state index contributed by atoms with van der Waals surface area (Å²) >= 11 is 1.99. The van der Waals surface area contributed by atoms with Crippen molar-refractivity contribution >= 4 is 17.4 Å². The van der Waals surface area contributed by atoms with E-state index in [1.54, 1.807) is 0 Å². The van der Waals surface area contributed by atoms with Gasteiger partial charge in [-0.15, -0.1) is 0 Å². The zero-order valence-corrected chi connectivity index (χ0v) is 12.2. The van der Waals surface area contributed by atoms with Crippen molar-refractivity contribution in [1.82, 2.24) is 0 Å². The van der Waals surface area contributed by atoms with Crippen LogP contribution in [0.2, 0.25) is 0 Å². The fourth-order valence-electron chi connectivity index (χ4n) is 2.90. The summed E-state index contributed by atoms with van der Waals surface area (Å²) in [5.74, 6) is 3.13. The lowest BCUT2D eigenvalue weighted by molar-refractivity contribution is -0.0957. The molecule has 0 amide bonds. The minimum absolute atomic E-state index is 0.0625. The molecule has 104 valence electrons. The van der Waals surface area contributed by atoms with Gasteiger partial charge in [0.25, 0.3) is 0 Å². The number of ether oxygens (including phenoxy) is 2. The minimum atomic E-state index is 0.0625. The van der Waals surface area contributed by atoms with Crippen LogP contribution in [0.15, 0.2) is 18.2 Å². The van der Waals surface area contributed by atoms with Crippen molar-refractivity contribution in [2.75, 3.05) is 23.8 Å². The monoisotopic (exact) mass is 279 g/mol. The van der Waals surface area contributed by atoms with E-state index in [9.17, 15) is 0 Å². The van der Waals surface area contributed by atoms with Crippen molar-refractivity contribution in [3.05, 3.63) is 23.8 Å². The van der Waals surface area contributed by atoms with E-state index in [-0.39, 0.29) is 11.7 Å². The SMILES string of the molecule is Cc1ccc(OC2CCOC3(CCSC3)C2)c(N)c1. The first kappa shape index (κ1) is 13.1. The molecule has 2 fully saturated rings. The van der Waals surface area contributed by atoms with Crippen LogP contribution >= 0.6 is 11.8 Å². The van der Waals surface area contributed by atoms with E-state index in [4.69, 9.17) is 15.2 Å². The third-order valence-electron chi connectivity index (χ3n) is 3.97. The predicted molar refractivity (Wildman–Crippen MR) is 79.9 cm³/mol. The zero-order chi connectivity index (χ0) is 13.3. The lowest BCUT2D eigenvalue weighted by Crippen LogP contribution is -2.43. The van der Waals surface area contributed by atoms with E-state index in [2.05, 4.69) is 0 Å². The van der Waals surface area contributed by atoms with Crippen LogP contribution in [-0.2, 0) is 4.74 Å². The summed E-state index contributed by atoms with van der Waals surface area (Å²) in [7, 11) is 0. The van der Waals surface area contributed by atoms with Gasteiger partial charge in [-0.25, -0.2) is 0 Å². The molecule has 2 aliphatic rings. The van der Waals surface area contributed by atoms with Gasteiger partial charge in [0, 0.05) is 18.6 Å². The van der Waals surface area contributed by atoms with E-state index in [1.807, 2.05) is 36.9 Å². The van der Waals surface area contributed by atoms with Gasteiger partial charge in [0.05, 0.1) is 17.9 Å². The van der Waals surface area contributed by atoms with Crippen LogP contribution < -0.4 is 10.5 Å². The van der Waals surface area contributed by atoms with Gasteiger partial charge >= 0.3 is 0 Å². The zero-order valence-electron chi connectivity index (χ0n) is 11.4. The molecule has 2 unspecified atom stereocenters. The molecule has 0 aromatic heterocycles. The molecule has 2 aliphatic heterocycles. The fourth-order valence-corrected chi connectivity index (χ4v) is 4.28. The Balaban J connectivity index is 1.69. The van der Waals surface area contributed by atoms with Crippen LogP contribution in [0.25, 0.3) is 0 Å². The summed E-state index contributed by atoms with van der Waals surface area (Å²) < 4.78 is 12.1. The molecular formula is C15H21NO2S. The molecule has 4 heteroatoms. The molecule has 1 aromatic rings. The number of anilines is 1. The minimum Gasteiger partial charge on any atom is -0.488 e. The highest BCUT2D eigenvalue weighted by molar-refractivity contribution is 7.99. The highest BCUT2D eigenvalue weighted by atomic mass is 32.2. The Kier molecular flexibility index (Phi) is 3.63. The molecule has 0 aliphatic carbocycles. The van der Waals surface area contributed by atoms with Gasteiger partial charge < -0.3 is 15.2 Å². The van der Waals surface area contributed by atoms with E-state index >= 15 is 0 Å². The van der Waals surface area contributed by atoms with Gasteiger partial charge in [-0.2, -0.15) is 11.8 Å². The van der Waals surface area contributed by atoms with Crippen molar-refractivity contribution in [3.63, 3.8) is 0 Å². The van der Waals surface area contributed by atoms with Crippen molar-refractivity contribution in [2.45, 2.75) is 37.9 Å². The maximum atomic E-state index is 6.11. The van der Waals surface area contributed by atoms with Gasteiger partial charge in [-0.3, -0.25) is 0 Å². The quantitative estimate of drug-likeness (QED) is 0.845. The predicted octanol–water partition coefficient (Wildman–Crippen LogP) is 3.01. The number of hydrogen-bond donors (Lipinski definition) is 1. The molecule has 2 heterocycles. The van der Waals surface area contributed by atoms with Crippen LogP contribution in [0.5, 0.6) is 5.75 Å². The largest absolute Gasteiger partial charge is 0.488 e. The van der Waals surface area contributed by atoms with E-state index in [1.165, 1.54) is 11.3 Å². The summed E-state index contributed by atoms with van der Waals surface area (Å²) in [6, 6.07) is 6.00. The Bertz CT molecular complexity index is 457. The second-order valence-corrected chi connectivity index (χ2v) is 6.71. The lowest BCUT2D eigenvalue weighted by atomic mass is 9.91. The summed E-state index contributed by atoms with van der Waals surface area (Å²) in [6.07, 6.45) is 3.34. The average molecular weight is 279 g/mol. The Labute approximate surface area is 118 Å². The number of nitrogen functional groups attached to an aromatic ring is 1. The van der Waals surface area contributed by atoms with Gasteiger partial charge in [0.15, 0.2) is 0 Å². The molecule has 1 aromatic carbocycles. The molecule has 19 heavy (non-hydrogen) atoms. The normalized spacial score (nSPS) is 30.7. The fraction of sp³-hybridized carbons (Fsp3) is 0.600. The Morgan fingerprint density at radius 2 is 2.37 bits per heavy atom. The Morgan fingerprint density at radius 1 is 1.47 bits per heavy atom. The molecule has 0 bridgehead atoms. The van der Waals surface area contributed by atoms with E-state index in [0.29, 0.717) is 0 Å². The molecule has 2 saturated heterocycles. The summed E-state index contributed by atoms with van der Waals surface area (Å²) in [5, 5.41) is 0. The van der Waals surface area contributed by atoms with Crippen molar-refractivity contribution in [2.24, 2.45) is 0 Å². The van der Waals surface area contributed by atoms with Crippen LogP contribution in [0.4, 0.5) is 5.69 Å². The third kappa shape index (κ3) is 2.84. The molecule has 1 spiro atoms. The second kappa shape index (κ2) is 5.25. The number of nitrogens with two attached hydrogens (primary N) is 1. The second-order valence-electron chi connectivity index (χ2n) is 5.61. The highest BCUT2D eigenvalue weighted by Gasteiger charge is 2.41. The first-order chi connectivity index (χ1) is 9.17. The summed E-state index contributed by atoms with van der Waals surface area (Å²) in [4.78, 5) is 0. The topological polar surface area (TPSA) is 44.5 Å². The van der Waals surface area contributed by atoms with Crippen LogP contribution in [0, 0.1) is 6.92 Å². The van der Waals surface area contributed by atoms with Crippen LogP contribution in [0.3, 0.4) is 0 Å². The number of rotatable bonds is 2. The first-order valence-corrected chi connectivity index (χ1v) is 8.07. The van der Waals surface area contributed by atoms with Gasteiger partial charge in [0.2, 0.25) is 0 Å². The van der Waals surface area contributed by atoms with Crippen molar-refractivity contribution in [3.8, 4) is 5.75 Å². The van der Waals surface area contributed by atoms with Crippen molar-refractivity contribution in [1.29, 1.82) is 0 Å². The Hall–Kier alpha value is -0.870. The third-order valence-corrected chi connectivity index (χ3v) is 5.20. The van der Waals surface area contributed by atoms with Crippen LogP contribution in [0.1, 0.15) is 24.8 Å². The number of aryl methyl sites for hydroxylation is 1. The van der Waals surface area contributed by atoms with Gasteiger partial charge in [-0.05, 0) is 36.8 Å². The first-order valence-electron chi connectivity index (χ1n) is 6.91. The molecule has 2 N–H and O–H groups in total. The van der Waals surface area contributed by atoms with Gasteiger partial charge in [-0.1, -0.05) is 6.07 Å². The molecular weight excluding hydrogens is 258 g/mol. The smallest absolute Gasteiger partial charge is 0.142 e. The van der Waals surface area contributed by atoms with Crippen LogP contribution in [-0.4, -0.2) is 29.8 Å². The highest BCUT2D eigenvalue weighted by Crippen LogP contribution is 2.39. The Morgan fingerprint density at radius 3 is 3.11 bits per heavy atom. The number of thioether (sulfide) groups is 1. The molecule has 0 saturated carbocycles. The van der Waals surface area contributed by atoms with Gasteiger partial charge in [0.1, 0.15) is 11.9 Å². The molecule has 0 radical (unpaired) electrons. The average Bonchev–Trinajstić information content (AvgIpc) is 2.81. The lowest BCUT2D eigenvalue weighted by Gasteiger charge is -2.37. The summed E-state index contributed by atoms with van der Waals surface area (Å²) in [6.45, 7) is 2.84. The molecule has 3 rings (SSSR count). The number of benzene rings is 1. The number of hydrogen-bond acceptors (Lipinski definition) is 4. The molecule has 2 atom stereocenters. The standard InChI is InChI=1S/C15H21NO2S/c1-11-2-3-14(13(16)8-11)18-12-4-6-17-15(9-12)5-7-19-10-15/h2-3,8,12H,4-7,9-10,16H2,1H3. The summed E-state index contributed by atoms with van der Waals surface area (Å²) in [5.41, 5.74) is 7.99. The van der Waals surface area contributed by atoms with E-state index in [0.717, 1.165) is 43.1 Å².